The Kier molecular flexibility index (Phi) is 5.19. The van der Waals surface area contributed by atoms with Gasteiger partial charge in [-0.05, 0) is 29.8 Å². The summed E-state index contributed by atoms with van der Waals surface area (Å²) in [7, 11) is 1.64. The maximum atomic E-state index is 12.5. The maximum absolute atomic E-state index is 12.5. The van der Waals surface area contributed by atoms with Crippen molar-refractivity contribution in [1.29, 1.82) is 0 Å². The van der Waals surface area contributed by atoms with Crippen LogP contribution in [0.15, 0.2) is 47.1 Å². The molecule has 0 spiro atoms. The van der Waals surface area contributed by atoms with Gasteiger partial charge >= 0.3 is 0 Å². The number of hydrogen-bond donors (Lipinski definition) is 0. The van der Waals surface area contributed by atoms with Gasteiger partial charge in [0.2, 0.25) is 0 Å². The van der Waals surface area contributed by atoms with Gasteiger partial charge in [-0.25, -0.2) is 0 Å². The first-order valence-corrected chi connectivity index (χ1v) is 6.57. The van der Waals surface area contributed by atoms with Crippen molar-refractivity contribution in [2.75, 3.05) is 13.7 Å². The summed E-state index contributed by atoms with van der Waals surface area (Å²) in [6.45, 7) is 1.12. The number of hydrogen-bond acceptors (Lipinski definition) is 3. The third kappa shape index (κ3) is 3.98. The van der Waals surface area contributed by atoms with Crippen LogP contribution in [0, 0.1) is 12.3 Å². The highest BCUT2D eigenvalue weighted by molar-refractivity contribution is 5.94. The fourth-order valence-corrected chi connectivity index (χ4v) is 1.99. The largest absolute Gasteiger partial charge is 0.467 e. The zero-order valence-corrected chi connectivity index (χ0v) is 11.9. The lowest BCUT2D eigenvalue weighted by molar-refractivity contribution is 0.0755. The number of benzene rings is 1. The normalized spacial score (nSPS) is 10.1. The van der Waals surface area contributed by atoms with Crippen molar-refractivity contribution < 1.29 is 13.9 Å². The van der Waals surface area contributed by atoms with Gasteiger partial charge in [0.1, 0.15) is 5.76 Å². The standard InChI is InChI=1S/C17H17NO3/c1-3-10-18(12-16-5-4-11-21-16)17(19)15-8-6-14(7-9-15)13-20-2/h1,4-9,11H,10,12-13H2,2H3. The minimum absolute atomic E-state index is 0.117. The van der Waals surface area contributed by atoms with E-state index in [1.165, 1.54) is 0 Å². The monoisotopic (exact) mass is 283 g/mol. The summed E-state index contributed by atoms with van der Waals surface area (Å²) in [6, 6.07) is 10.9. The van der Waals surface area contributed by atoms with E-state index in [1.54, 1.807) is 36.5 Å². The Morgan fingerprint density at radius 2 is 2.10 bits per heavy atom. The average Bonchev–Trinajstić information content (AvgIpc) is 3.00. The summed E-state index contributed by atoms with van der Waals surface area (Å²) in [4.78, 5) is 14.1. The van der Waals surface area contributed by atoms with E-state index < -0.39 is 0 Å². The van der Waals surface area contributed by atoms with Crippen LogP contribution in [0.25, 0.3) is 0 Å². The lowest BCUT2D eigenvalue weighted by Gasteiger charge is -2.19. The van der Waals surface area contributed by atoms with Crippen LogP contribution in [-0.2, 0) is 17.9 Å². The molecule has 108 valence electrons. The summed E-state index contributed by atoms with van der Waals surface area (Å²) < 4.78 is 10.3. The van der Waals surface area contributed by atoms with Crippen molar-refractivity contribution in [1.82, 2.24) is 4.90 Å². The minimum atomic E-state index is -0.117. The topological polar surface area (TPSA) is 42.7 Å². The molecule has 1 amide bonds. The van der Waals surface area contributed by atoms with Crippen LogP contribution in [0.2, 0.25) is 0 Å². The summed E-state index contributed by atoms with van der Waals surface area (Å²) in [5.74, 6) is 3.09. The number of carbonyl (C=O) groups is 1. The van der Waals surface area contributed by atoms with Gasteiger partial charge in [-0.15, -0.1) is 6.42 Å². The molecule has 0 saturated carbocycles. The molecule has 21 heavy (non-hydrogen) atoms. The lowest BCUT2D eigenvalue weighted by atomic mass is 10.1. The van der Waals surface area contributed by atoms with E-state index >= 15 is 0 Å². The van der Waals surface area contributed by atoms with E-state index in [0.717, 1.165) is 5.56 Å². The van der Waals surface area contributed by atoms with Crippen LogP contribution in [0.3, 0.4) is 0 Å². The molecule has 4 heteroatoms. The first kappa shape index (κ1) is 14.9. The molecule has 0 saturated heterocycles. The molecular formula is C17H17NO3. The predicted octanol–water partition coefficient (Wildman–Crippen LogP) is 2.70. The zero-order valence-electron chi connectivity index (χ0n) is 11.9. The first-order valence-electron chi connectivity index (χ1n) is 6.57. The molecule has 0 unspecified atom stereocenters. The van der Waals surface area contributed by atoms with Gasteiger partial charge in [-0.2, -0.15) is 0 Å². The second-order valence-electron chi connectivity index (χ2n) is 4.57. The Bertz CT molecular complexity index is 608. The van der Waals surface area contributed by atoms with E-state index in [2.05, 4.69) is 5.92 Å². The molecule has 2 rings (SSSR count). The molecule has 0 radical (unpaired) electrons. The number of nitrogens with zero attached hydrogens (tertiary/aromatic N) is 1. The SMILES string of the molecule is C#CCN(Cc1ccco1)C(=O)c1ccc(COC)cc1. The number of amides is 1. The van der Waals surface area contributed by atoms with Crippen LogP contribution < -0.4 is 0 Å². The van der Waals surface area contributed by atoms with Crippen LogP contribution in [-0.4, -0.2) is 24.5 Å². The number of terminal acetylenes is 1. The third-order valence-corrected chi connectivity index (χ3v) is 3.01. The lowest BCUT2D eigenvalue weighted by Crippen LogP contribution is -2.30. The Morgan fingerprint density at radius 3 is 2.67 bits per heavy atom. The van der Waals surface area contributed by atoms with Crippen molar-refractivity contribution in [2.45, 2.75) is 13.2 Å². The molecule has 1 heterocycles. The average molecular weight is 283 g/mol. The highest BCUT2D eigenvalue weighted by atomic mass is 16.5. The molecule has 4 nitrogen and oxygen atoms in total. The number of furan rings is 1. The molecule has 0 aliphatic carbocycles. The number of ether oxygens (including phenoxy) is 1. The summed E-state index contributed by atoms with van der Waals surface area (Å²) in [5, 5.41) is 0. The van der Waals surface area contributed by atoms with Crippen molar-refractivity contribution in [2.24, 2.45) is 0 Å². The minimum Gasteiger partial charge on any atom is -0.467 e. The summed E-state index contributed by atoms with van der Waals surface area (Å²) >= 11 is 0. The van der Waals surface area contributed by atoms with Gasteiger partial charge in [0.05, 0.1) is 26.0 Å². The second kappa shape index (κ2) is 7.32. The zero-order chi connectivity index (χ0) is 15.1. The van der Waals surface area contributed by atoms with E-state index in [1.807, 2.05) is 18.2 Å². The Morgan fingerprint density at radius 1 is 1.33 bits per heavy atom. The molecule has 2 aromatic rings. The summed E-state index contributed by atoms with van der Waals surface area (Å²) in [5.41, 5.74) is 1.61. The van der Waals surface area contributed by atoms with Crippen LogP contribution in [0.1, 0.15) is 21.7 Å². The van der Waals surface area contributed by atoms with Gasteiger partial charge in [0.25, 0.3) is 5.91 Å². The Labute approximate surface area is 124 Å². The molecule has 1 aromatic carbocycles. The Hall–Kier alpha value is -2.51. The van der Waals surface area contributed by atoms with Crippen molar-refractivity contribution in [3.05, 3.63) is 59.5 Å². The smallest absolute Gasteiger partial charge is 0.255 e. The molecular weight excluding hydrogens is 266 g/mol. The summed E-state index contributed by atoms with van der Waals surface area (Å²) in [6.07, 6.45) is 6.92. The van der Waals surface area contributed by atoms with Crippen LogP contribution in [0.4, 0.5) is 0 Å². The highest BCUT2D eigenvalue weighted by Gasteiger charge is 2.16. The van der Waals surface area contributed by atoms with Gasteiger partial charge < -0.3 is 14.1 Å². The first-order chi connectivity index (χ1) is 10.2. The fourth-order valence-electron chi connectivity index (χ4n) is 1.99. The second-order valence-corrected chi connectivity index (χ2v) is 4.57. The molecule has 0 N–H and O–H groups in total. The molecule has 1 aromatic heterocycles. The molecule has 0 aliphatic heterocycles. The van der Waals surface area contributed by atoms with E-state index in [9.17, 15) is 4.79 Å². The maximum Gasteiger partial charge on any atom is 0.255 e. The quantitative estimate of drug-likeness (QED) is 0.766. The molecule has 0 fully saturated rings. The van der Waals surface area contributed by atoms with Crippen LogP contribution in [0.5, 0.6) is 0 Å². The van der Waals surface area contributed by atoms with Gasteiger partial charge in [0.15, 0.2) is 0 Å². The predicted molar refractivity (Wildman–Crippen MR) is 79.4 cm³/mol. The Balaban J connectivity index is 2.12. The number of rotatable bonds is 6. The fraction of sp³-hybridized carbons (Fsp3) is 0.235. The van der Waals surface area contributed by atoms with E-state index in [4.69, 9.17) is 15.6 Å². The third-order valence-electron chi connectivity index (χ3n) is 3.01. The molecule has 0 atom stereocenters. The molecule has 0 bridgehead atoms. The van der Waals surface area contributed by atoms with Gasteiger partial charge in [0, 0.05) is 12.7 Å². The van der Waals surface area contributed by atoms with Crippen molar-refractivity contribution in [3.8, 4) is 12.3 Å². The van der Waals surface area contributed by atoms with Gasteiger partial charge in [-0.1, -0.05) is 18.1 Å². The van der Waals surface area contributed by atoms with Crippen LogP contribution >= 0.6 is 0 Å². The molecule has 0 aliphatic rings. The van der Waals surface area contributed by atoms with E-state index in [0.29, 0.717) is 24.5 Å². The van der Waals surface area contributed by atoms with E-state index in [-0.39, 0.29) is 12.5 Å². The highest BCUT2D eigenvalue weighted by Crippen LogP contribution is 2.12. The van der Waals surface area contributed by atoms with Gasteiger partial charge in [-0.3, -0.25) is 4.79 Å². The number of carbonyl (C=O) groups excluding carboxylic acids is 1. The van der Waals surface area contributed by atoms with Crippen molar-refractivity contribution >= 4 is 5.91 Å². The van der Waals surface area contributed by atoms with Crippen molar-refractivity contribution in [3.63, 3.8) is 0 Å². The number of methoxy groups -OCH3 is 1.